The lowest BCUT2D eigenvalue weighted by atomic mass is 9.98. The minimum absolute atomic E-state index is 0.121. The second kappa shape index (κ2) is 14.1. The van der Waals surface area contributed by atoms with Crippen molar-refractivity contribution in [1.29, 1.82) is 0 Å². The number of carbonyl (C=O) groups is 3. The van der Waals surface area contributed by atoms with Crippen molar-refractivity contribution in [3.63, 3.8) is 0 Å². The quantitative estimate of drug-likeness (QED) is 0.310. The first-order chi connectivity index (χ1) is 20.2. The van der Waals surface area contributed by atoms with Crippen molar-refractivity contribution in [1.82, 2.24) is 19.8 Å². The number of amides is 3. The van der Waals surface area contributed by atoms with Crippen LogP contribution >= 0.6 is 0 Å². The molecule has 0 aliphatic carbocycles. The average molecular weight is 590 g/mol. The molecule has 3 rings (SSSR count). The van der Waals surface area contributed by atoms with Crippen molar-refractivity contribution in [2.24, 2.45) is 11.7 Å². The second-order valence-corrected chi connectivity index (χ2v) is 12.0. The monoisotopic (exact) mass is 589 g/mol. The summed E-state index contributed by atoms with van der Waals surface area (Å²) in [6.45, 7) is 13.4. The molecule has 1 unspecified atom stereocenters. The van der Waals surface area contributed by atoms with Gasteiger partial charge in [0, 0.05) is 24.2 Å². The molecule has 230 valence electrons. The van der Waals surface area contributed by atoms with E-state index in [0.717, 1.165) is 11.1 Å². The third-order valence-corrected chi connectivity index (χ3v) is 6.88. The SMILES string of the molecule is Cc1ccc(C(=O)N(CCCNC(=O)OC(C)(C)C)C(c2nc(C(N)=O)c(C)c(=O)n2Cc2ccccc2)C(C)C)cc1. The number of rotatable bonds is 11. The van der Waals surface area contributed by atoms with Crippen LogP contribution in [0.2, 0.25) is 0 Å². The molecule has 1 atom stereocenters. The van der Waals surface area contributed by atoms with Gasteiger partial charge < -0.3 is 20.7 Å². The number of aryl methyl sites for hydroxylation is 1. The van der Waals surface area contributed by atoms with Crippen molar-refractivity contribution in [3.05, 3.63) is 98.7 Å². The highest BCUT2D eigenvalue weighted by molar-refractivity contribution is 5.94. The van der Waals surface area contributed by atoms with Crippen LogP contribution in [-0.4, -0.2) is 51.0 Å². The highest BCUT2D eigenvalue weighted by Crippen LogP contribution is 2.30. The molecule has 0 fully saturated rings. The van der Waals surface area contributed by atoms with Gasteiger partial charge in [-0.3, -0.25) is 19.0 Å². The van der Waals surface area contributed by atoms with E-state index in [4.69, 9.17) is 10.5 Å². The van der Waals surface area contributed by atoms with Crippen molar-refractivity contribution >= 4 is 17.9 Å². The molecule has 2 aromatic carbocycles. The van der Waals surface area contributed by atoms with Crippen LogP contribution in [0.4, 0.5) is 4.79 Å². The Morgan fingerprint density at radius 3 is 2.21 bits per heavy atom. The van der Waals surface area contributed by atoms with Gasteiger partial charge >= 0.3 is 6.09 Å². The van der Waals surface area contributed by atoms with Crippen LogP contribution in [0.3, 0.4) is 0 Å². The molecular formula is C33H43N5O5. The lowest BCUT2D eigenvalue weighted by molar-refractivity contribution is 0.0519. The Bertz CT molecular complexity index is 1490. The molecule has 3 N–H and O–H groups in total. The number of carbonyl (C=O) groups excluding carboxylic acids is 3. The predicted molar refractivity (Wildman–Crippen MR) is 166 cm³/mol. The van der Waals surface area contributed by atoms with Gasteiger partial charge in [0.1, 0.15) is 17.1 Å². The summed E-state index contributed by atoms with van der Waals surface area (Å²) in [5, 5.41) is 2.74. The predicted octanol–water partition coefficient (Wildman–Crippen LogP) is 4.76. The molecule has 0 spiro atoms. The molecule has 0 aliphatic rings. The summed E-state index contributed by atoms with van der Waals surface area (Å²) in [7, 11) is 0. The number of alkyl carbamates (subject to hydrolysis) is 1. The van der Waals surface area contributed by atoms with Gasteiger partial charge in [-0.05, 0) is 64.7 Å². The van der Waals surface area contributed by atoms with Gasteiger partial charge in [-0.15, -0.1) is 0 Å². The lowest BCUT2D eigenvalue weighted by Crippen LogP contribution is -2.44. The third kappa shape index (κ3) is 8.76. The van der Waals surface area contributed by atoms with E-state index in [9.17, 15) is 19.2 Å². The number of hydrogen-bond donors (Lipinski definition) is 2. The van der Waals surface area contributed by atoms with Crippen LogP contribution in [0, 0.1) is 19.8 Å². The van der Waals surface area contributed by atoms with Crippen LogP contribution in [0.15, 0.2) is 59.4 Å². The zero-order valence-electron chi connectivity index (χ0n) is 26.1. The Balaban J connectivity index is 2.11. The zero-order chi connectivity index (χ0) is 31.9. The molecule has 1 aromatic heterocycles. The minimum Gasteiger partial charge on any atom is -0.444 e. The van der Waals surface area contributed by atoms with E-state index in [0.29, 0.717) is 12.0 Å². The maximum atomic E-state index is 14.1. The fourth-order valence-electron chi connectivity index (χ4n) is 4.83. The Morgan fingerprint density at radius 1 is 1.02 bits per heavy atom. The summed E-state index contributed by atoms with van der Waals surface area (Å²) in [5.74, 6) is -1.03. The van der Waals surface area contributed by atoms with E-state index in [1.807, 2.05) is 63.2 Å². The fraction of sp³-hybridized carbons (Fsp3) is 0.424. The summed E-state index contributed by atoms with van der Waals surface area (Å²) >= 11 is 0. The highest BCUT2D eigenvalue weighted by Gasteiger charge is 2.33. The van der Waals surface area contributed by atoms with Crippen molar-refractivity contribution in [3.8, 4) is 0 Å². The highest BCUT2D eigenvalue weighted by atomic mass is 16.6. The fourth-order valence-corrected chi connectivity index (χ4v) is 4.83. The molecule has 0 aliphatic heterocycles. The maximum absolute atomic E-state index is 14.1. The standard InChI is InChI=1S/C33H43N5O5/c1-21(2)27(29-36-26(28(34)39)23(4)30(40)38(29)20-24-12-9-8-10-13-24)37(31(41)25-16-14-22(3)15-17-25)19-11-18-35-32(42)43-33(5,6)7/h8-10,12-17,21,27H,11,18-20H2,1-7H3,(H2,34,39)(H,35,42). The minimum atomic E-state index is -0.816. The molecule has 0 bridgehead atoms. The van der Waals surface area contributed by atoms with Crippen LogP contribution in [0.1, 0.15) is 90.4 Å². The van der Waals surface area contributed by atoms with E-state index in [2.05, 4.69) is 10.3 Å². The summed E-state index contributed by atoms with van der Waals surface area (Å²) in [6.07, 6.45) is -0.148. The third-order valence-electron chi connectivity index (χ3n) is 6.88. The van der Waals surface area contributed by atoms with Crippen molar-refractivity contribution in [2.45, 2.75) is 73.1 Å². The first-order valence-corrected chi connectivity index (χ1v) is 14.5. The van der Waals surface area contributed by atoms with Gasteiger partial charge in [0.25, 0.3) is 17.4 Å². The smallest absolute Gasteiger partial charge is 0.407 e. The van der Waals surface area contributed by atoms with E-state index in [1.165, 1.54) is 11.5 Å². The number of nitrogens with two attached hydrogens (primary N) is 1. The number of nitrogens with zero attached hydrogens (tertiary/aromatic N) is 3. The van der Waals surface area contributed by atoms with E-state index >= 15 is 0 Å². The average Bonchev–Trinajstić information content (AvgIpc) is 2.93. The summed E-state index contributed by atoms with van der Waals surface area (Å²) in [6, 6.07) is 16.0. The van der Waals surface area contributed by atoms with Gasteiger partial charge in [0.05, 0.1) is 12.6 Å². The lowest BCUT2D eigenvalue weighted by Gasteiger charge is -2.36. The number of aromatic nitrogens is 2. The normalized spacial score (nSPS) is 12.1. The van der Waals surface area contributed by atoms with E-state index in [1.54, 1.807) is 37.8 Å². The Kier molecular flexibility index (Phi) is 10.9. The summed E-state index contributed by atoms with van der Waals surface area (Å²) < 4.78 is 6.86. The number of ether oxygens (including phenoxy) is 1. The van der Waals surface area contributed by atoms with Gasteiger partial charge in [0.2, 0.25) is 0 Å². The number of primary amides is 1. The Morgan fingerprint density at radius 2 is 1.65 bits per heavy atom. The molecule has 10 heteroatoms. The summed E-state index contributed by atoms with van der Waals surface area (Å²) in [4.78, 5) is 58.8. The topological polar surface area (TPSA) is 137 Å². The van der Waals surface area contributed by atoms with Gasteiger partial charge in [0.15, 0.2) is 0 Å². The first-order valence-electron chi connectivity index (χ1n) is 14.5. The van der Waals surface area contributed by atoms with Gasteiger partial charge in [-0.2, -0.15) is 0 Å². The van der Waals surface area contributed by atoms with Crippen molar-refractivity contribution < 1.29 is 19.1 Å². The largest absolute Gasteiger partial charge is 0.444 e. The van der Waals surface area contributed by atoms with E-state index < -0.39 is 29.2 Å². The molecule has 43 heavy (non-hydrogen) atoms. The molecule has 10 nitrogen and oxygen atoms in total. The second-order valence-electron chi connectivity index (χ2n) is 12.0. The molecule has 3 aromatic rings. The number of hydrogen-bond acceptors (Lipinski definition) is 6. The number of nitrogens with one attached hydrogen (secondary N) is 1. The Labute approximate surface area is 253 Å². The summed E-state index contributed by atoms with van der Waals surface area (Å²) in [5.41, 5.74) is 6.98. The molecule has 0 saturated carbocycles. The van der Waals surface area contributed by atoms with Crippen LogP contribution in [0.5, 0.6) is 0 Å². The maximum Gasteiger partial charge on any atom is 0.407 e. The van der Waals surface area contributed by atoms with Gasteiger partial charge in [-0.25, -0.2) is 9.78 Å². The molecule has 0 radical (unpaired) electrons. The molecular weight excluding hydrogens is 546 g/mol. The zero-order valence-corrected chi connectivity index (χ0v) is 26.1. The van der Waals surface area contributed by atoms with Crippen LogP contribution in [0.25, 0.3) is 0 Å². The van der Waals surface area contributed by atoms with E-state index in [-0.39, 0.29) is 48.5 Å². The molecule has 3 amide bonds. The van der Waals surface area contributed by atoms with Crippen LogP contribution < -0.4 is 16.6 Å². The van der Waals surface area contributed by atoms with Crippen LogP contribution in [-0.2, 0) is 11.3 Å². The first kappa shape index (κ1) is 33.0. The molecule has 1 heterocycles. The van der Waals surface area contributed by atoms with Gasteiger partial charge in [-0.1, -0.05) is 61.9 Å². The molecule has 0 saturated heterocycles. The number of benzene rings is 2. The Hall–Kier alpha value is -4.47. The van der Waals surface area contributed by atoms with Crippen molar-refractivity contribution in [2.75, 3.05) is 13.1 Å².